The molecule has 1 aromatic heterocycles. The summed E-state index contributed by atoms with van der Waals surface area (Å²) in [5.74, 6) is 0.945. The minimum absolute atomic E-state index is 0.945. The summed E-state index contributed by atoms with van der Waals surface area (Å²) in [6, 6.07) is 17.1. The second-order valence-electron chi connectivity index (χ2n) is 6.08. The molecule has 0 amide bonds. The molecule has 1 atom stereocenters. The minimum atomic E-state index is 0.945. The third-order valence-electron chi connectivity index (χ3n) is 4.65. The number of aromatic nitrogens is 1. The Hall–Kier alpha value is -2.26. The van der Waals surface area contributed by atoms with Crippen molar-refractivity contribution in [2.75, 3.05) is 13.7 Å². The predicted molar refractivity (Wildman–Crippen MR) is 88.2 cm³/mol. The molecule has 0 aliphatic carbocycles. The second kappa shape index (κ2) is 5.50. The van der Waals surface area contributed by atoms with Gasteiger partial charge in [-0.25, -0.2) is 0 Å². The van der Waals surface area contributed by atoms with Crippen LogP contribution in [0, 0.1) is 0 Å². The van der Waals surface area contributed by atoms with E-state index < -0.39 is 0 Å². The summed E-state index contributed by atoms with van der Waals surface area (Å²) in [5, 5.41) is 1.40. The number of quaternary nitrogens is 1. The number of fused-ring (bicyclic) bond motifs is 3. The number of aromatic amines is 1. The van der Waals surface area contributed by atoms with Gasteiger partial charge in [-0.2, -0.15) is 0 Å². The van der Waals surface area contributed by atoms with E-state index in [4.69, 9.17) is 4.74 Å². The molecule has 3 aromatic rings. The maximum atomic E-state index is 5.32. The number of rotatable bonds is 3. The zero-order valence-corrected chi connectivity index (χ0v) is 12.9. The van der Waals surface area contributed by atoms with Gasteiger partial charge < -0.3 is 14.6 Å². The van der Waals surface area contributed by atoms with Crippen LogP contribution in [0.5, 0.6) is 5.75 Å². The minimum Gasteiger partial charge on any atom is -0.497 e. The van der Waals surface area contributed by atoms with E-state index >= 15 is 0 Å². The van der Waals surface area contributed by atoms with Crippen LogP contribution >= 0.6 is 0 Å². The van der Waals surface area contributed by atoms with Crippen LogP contribution in [0.15, 0.2) is 48.5 Å². The summed E-state index contributed by atoms with van der Waals surface area (Å²) in [6.45, 7) is 3.30. The molecule has 0 fully saturated rings. The standard InChI is InChI=1S/C19H20N2O/c1-22-15-6-4-5-14(11-15)12-21-10-9-17-16-7-2-3-8-18(16)20-19(17)13-21/h2-8,11,20H,9-10,12-13H2,1H3/p+1. The zero-order chi connectivity index (χ0) is 14.9. The highest BCUT2D eigenvalue weighted by atomic mass is 16.5. The molecule has 112 valence electrons. The van der Waals surface area contributed by atoms with Gasteiger partial charge in [0.1, 0.15) is 18.8 Å². The Morgan fingerprint density at radius 3 is 2.95 bits per heavy atom. The monoisotopic (exact) mass is 293 g/mol. The summed E-state index contributed by atoms with van der Waals surface area (Å²) >= 11 is 0. The lowest BCUT2D eigenvalue weighted by Crippen LogP contribution is -3.10. The van der Waals surface area contributed by atoms with E-state index in [9.17, 15) is 0 Å². The first-order valence-electron chi connectivity index (χ1n) is 7.88. The average Bonchev–Trinajstić information content (AvgIpc) is 2.92. The Bertz CT molecular complexity index is 806. The van der Waals surface area contributed by atoms with Crippen LogP contribution in [0.1, 0.15) is 16.8 Å². The first-order chi connectivity index (χ1) is 10.8. The normalized spacial score (nSPS) is 17.4. The number of methoxy groups -OCH3 is 1. The third-order valence-corrected chi connectivity index (χ3v) is 4.65. The van der Waals surface area contributed by atoms with Crippen molar-refractivity contribution in [3.05, 3.63) is 65.4 Å². The van der Waals surface area contributed by atoms with E-state index in [1.54, 1.807) is 12.0 Å². The van der Waals surface area contributed by atoms with Gasteiger partial charge in [0.2, 0.25) is 0 Å². The van der Waals surface area contributed by atoms with Gasteiger partial charge in [0.25, 0.3) is 0 Å². The summed E-state index contributed by atoms with van der Waals surface area (Å²) in [5.41, 5.74) is 5.54. The van der Waals surface area contributed by atoms with Crippen LogP contribution in [0.3, 0.4) is 0 Å². The van der Waals surface area contributed by atoms with Crippen molar-refractivity contribution < 1.29 is 9.64 Å². The van der Waals surface area contributed by atoms with Gasteiger partial charge in [-0.15, -0.1) is 0 Å². The molecule has 4 rings (SSSR count). The topological polar surface area (TPSA) is 29.5 Å². The fourth-order valence-corrected chi connectivity index (χ4v) is 3.55. The van der Waals surface area contributed by atoms with Gasteiger partial charge in [0.15, 0.2) is 0 Å². The lowest BCUT2D eigenvalue weighted by molar-refractivity contribution is -0.929. The van der Waals surface area contributed by atoms with Gasteiger partial charge in [0.05, 0.1) is 19.3 Å². The van der Waals surface area contributed by atoms with Crippen LogP contribution in [0.4, 0.5) is 0 Å². The molecule has 0 radical (unpaired) electrons. The molecule has 22 heavy (non-hydrogen) atoms. The van der Waals surface area contributed by atoms with E-state index in [0.717, 1.165) is 25.3 Å². The summed E-state index contributed by atoms with van der Waals surface area (Å²) in [4.78, 5) is 5.21. The van der Waals surface area contributed by atoms with Crippen LogP contribution in [-0.4, -0.2) is 18.6 Å². The quantitative estimate of drug-likeness (QED) is 0.762. The Balaban J connectivity index is 1.56. The van der Waals surface area contributed by atoms with Crippen LogP contribution in [-0.2, 0) is 19.5 Å². The predicted octanol–water partition coefficient (Wildman–Crippen LogP) is 2.32. The van der Waals surface area contributed by atoms with E-state index in [2.05, 4.69) is 47.4 Å². The molecule has 1 aliphatic rings. The lowest BCUT2D eigenvalue weighted by Gasteiger charge is -2.24. The highest BCUT2D eigenvalue weighted by Gasteiger charge is 2.23. The largest absolute Gasteiger partial charge is 0.497 e. The highest BCUT2D eigenvalue weighted by Crippen LogP contribution is 2.23. The molecule has 1 unspecified atom stereocenters. The van der Waals surface area contributed by atoms with E-state index in [1.807, 2.05) is 6.07 Å². The van der Waals surface area contributed by atoms with Crippen molar-refractivity contribution in [2.24, 2.45) is 0 Å². The molecule has 2 aromatic carbocycles. The zero-order valence-electron chi connectivity index (χ0n) is 12.9. The van der Waals surface area contributed by atoms with Gasteiger partial charge >= 0.3 is 0 Å². The van der Waals surface area contributed by atoms with Gasteiger partial charge in [-0.1, -0.05) is 30.3 Å². The number of hydrogen-bond acceptors (Lipinski definition) is 1. The van der Waals surface area contributed by atoms with Gasteiger partial charge in [0, 0.05) is 22.9 Å². The third kappa shape index (κ3) is 2.38. The summed E-state index contributed by atoms with van der Waals surface area (Å²) < 4.78 is 5.32. The number of nitrogens with one attached hydrogen (secondary N) is 2. The lowest BCUT2D eigenvalue weighted by atomic mass is 10.0. The SMILES string of the molecule is COc1cccc(C[NH+]2CCc3c([nH]c4ccccc34)C2)c1. The fourth-order valence-electron chi connectivity index (χ4n) is 3.55. The summed E-state index contributed by atoms with van der Waals surface area (Å²) in [7, 11) is 1.73. The first kappa shape index (κ1) is 13.4. The van der Waals surface area contributed by atoms with Crippen LogP contribution < -0.4 is 9.64 Å². The maximum Gasteiger partial charge on any atom is 0.119 e. The Morgan fingerprint density at radius 1 is 1.14 bits per heavy atom. The second-order valence-corrected chi connectivity index (χ2v) is 6.08. The Morgan fingerprint density at radius 2 is 2.05 bits per heavy atom. The van der Waals surface area contributed by atoms with Crippen molar-refractivity contribution in [2.45, 2.75) is 19.5 Å². The Labute approximate surface area is 130 Å². The molecule has 0 bridgehead atoms. The number of H-pyrrole nitrogens is 1. The molecule has 0 spiro atoms. The molecule has 2 heterocycles. The Kier molecular flexibility index (Phi) is 3.35. The van der Waals surface area contributed by atoms with Gasteiger partial charge in [-0.3, -0.25) is 0 Å². The fraction of sp³-hybridized carbons (Fsp3) is 0.263. The molecule has 3 nitrogen and oxygen atoms in total. The number of ether oxygens (including phenoxy) is 1. The van der Waals surface area contributed by atoms with Gasteiger partial charge in [-0.05, 0) is 23.8 Å². The van der Waals surface area contributed by atoms with Crippen LogP contribution in [0.2, 0.25) is 0 Å². The average molecular weight is 293 g/mol. The van der Waals surface area contributed by atoms with E-state index in [1.165, 1.54) is 34.3 Å². The van der Waals surface area contributed by atoms with Crippen LogP contribution in [0.25, 0.3) is 10.9 Å². The molecule has 2 N–H and O–H groups in total. The van der Waals surface area contributed by atoms with Crippen molar-refractivity contribution in [3.63, 3.8) is 0 Å². The molecular formula is C19H21N2O+. The van der Waals surface area contributed by atoms with E-state index in [-0.39, 0.29) is 0 Å². The number of para-hydroxylation sites is 1. The van der Waals surface area contributed by atoms with Crippen molar-refractivity contribution >= 4 is 10.9 Å². The van der Waals surface area contributed by atoms with Crippen molar-refractivity contribution in [1.82, 2.24) is 4.98 Å². The molecule has 1 aliphatic heterocycles. The molecule has 0 saturated carbocycles. The smallest absolute Gasteiger partial charge is 0.119 e. The molecule has 3 heteroatoms. The molecule has 0 saturated heterocycles. The number of benzene rings is 2. The maximum absolute atomic E-state index is 5.32. The first-order valence-corrected chi connectivity index (χ1v) is 7.88. The van der Waals surface area contributed by atoms with Crippen molar-refractivity contribution in [3.8, 4) is 5.75 Å². The summed E-state index contributed by atoms with van der Waals surface area (Å²) in [6.07, 6.45) is 1.15. The highest BCUT2D eigenvalue weighted by molar-refractivity contribution is 5.84. The van der Waals surface area contributed by atoms with E-state index in [0.29, 0.717) is 0 Å². The number of hydrogen-bond donors (Lipinski definition) is 2. The van der Waals surface area contributed by atoms with Crippen molar-refractivity contribution in [1.29, 1.82) is 0 Å². The molecular weight excluding hydrogens is 272 g/mol.